The van der Waals surface area contributed by atoms with Crippen LogP contribution in [-0.2, 0) is 22.6 Å². The van der Waals surface area contributed by atoms with E-state index in [2.05, 4.69) is 43.3 Å². The number of primary amides is 1. The molecule has 1 amide bonds. The van der Waals surface area contributed by atoms with Crippen LogP contribution in [0.2, 0.25) is 5.02 Å². The molecule has 3 rings (SSSR count). The Morgan fingerprint density at radius 2 is 1.55 bits per heavy atom. The third-order valence-electron chi connectivity index (χ3n) is 5.37. The lowest BCUT2D eigenvalue weighted by atomic mass is 9.95. The maximum Gasteiger partial charge on any atom is 0.220 e. The number of hydrogen-bond donors (Lipinski definition) is 1. The average molecular weight is 438 g/mol. The second-order valence-electron chi connectivity index (χ2n) is 7.61. The Morgan fingerprint density at radius 1 is 0.968 bits per heavy atom. The number of amides is 1. The molecule has 3 aromatic carbocycles. The van der Waals surface area contributed by atoms with Gasteiger partial charge in [-0.3, -0.25) is 4.79 Å². The third kappa shape index (κ3) is 8.20. The first-order valence-corrected chi connectivity index (χ1v) is 11.0. The van der Waals surface area contributed by atoms with Crippen molar-refractivity contribution < 1.29 is 9.53 Å². The van der Waals surface area contributed by atoms with Gasteiger partial charge < -0.3 is 10.5 Å². The minimum Gasteiger partial charge on any atom is -0.380 e. The molecule has 31 heavy (non-hydrogen) atoms. The quantitative estimate of drug-likeness (QED) is 0.432. The van der Waals surface area contributed by atoms with E-state index in [0.29, 0.717) is 6.61 Å². The third-order valence-corrected chi connectivity index (χ3v) is 5.62. The fourth-order valence-electron chi connectivity index (χ4n) is 3.32. The predicted molar refractivity (Wildman–Crippen MR) is 130 cm³/mol. The van der Waals surface area contributed by atoms with Crippen LogP contribution in [0.5, 0.6) is 0 Å². The van der Waals surface area contributed by atoms with Crippen LogP contribution in [0, 0.1) is 12.8 Å². The summed E-state index contributed by atoms with van der Waals surface area (Å²) in [6.07, 6.45) is 2.49. The zero-order chi connectivity index (χ0) is 22.6. The maximum absolute atomic E-state index is 11.2. The normalized spacial score (nSPS) is 11.4. The van der Waals surface area contributed by atoms with Gasteiger partial charge in [-0.1, -0.05) is 79.2 Å². The summed E-state index contributed by atoms with van der Waals surface area (Å²) in [5.74, 6) is -0.226. The van der Waals surface area contributed by atoms with Gasteiger partial charge >= 0.3 is 0 Å². The fourth-order valence-corrected chi connectivity index (χ4v) is 3.45. The molecule has 0 aromatic heterocycles. The zero-order valence-electron chi connectivity index (χ0n) is 18.6. The Labute approximate surface area is 191 Å². The summed E-state index contributed by atoms with van der Waals surface area (Å²) in [6.45, 7) is 4.81. The Hall–Kier alpha value is -2.62. The van der Waals surface area contributed by atoms with Crippen molar-refractivity contribution in [1.29, 1.82) is 0 Å². The number of carbonyl (C=O) groups excluding carboxylic acids is 1. The summed E-state index contributed by atoms with van der Waals surface area (Å²) < 4.78 is 5.01. The molecule has 0 saturated heterocycles. The summed E-state index contributed by atoms with van der Waals surface area (Å²) in [4.78, 5) is 11.2. The van der Waals surface area contributed by atoms with Crippen molar-refractivity contribution in [2.24, 2.45) is 11.7 Å². The molecule has 3 nitrogen and oxygen atoms in total. The van der Waals surface area contributed by atoms with Crippen molar-refractivity contribution in [2.75, 3.05) is 7.11 Å². The van der Waals surface area contributed by atoms with E-state index in [-0.39, 0.29) is 11.8 Å². The topological polar surface area (TPSA) is 52.3 Å². The smallest absolute Gasteiger partial charge is 0.220 e. The summed E-state index contributed by atoms with van der Waals surface area (Å²) in [6, 6.07) is 24.5. The molecule has 1 unspecified atom stereocenters. The van der Waals surface area contributed by atoms with Gasteiger partial charge in [-0.25, -0.2) is 0 Å². The van der Waals surface area contributed by atoms with Crippen molar-refractivity contribution in [3.05, 3.63) is 94.5 Å². The van der Waals surface area contributed by atoms with Crippen LogP contribution in [0.25, 0.3) is 11.1 Å². The first-order valence-electron chi connectivity index (χ1n) is 10.6. The van der Waals surface area contributed by atoms with Crippen molar-refractivity contribution >= 4 is 17.5 Å². The van der Waals surface area contributed by atoms with Crippen molar-refractivity contribution in [3.8, 4) is 11.1 Å². The van der Waals surface area contributed by atoms with Crippen LogP contribution in [0.1, 0.15) is 36.5 Å². The number of hydrogen-bond acceptors (Lipinski definition) is 2. The lowest BCUT2D eigenvalue weighted by Crippen LogP contribution is -2.23. The van der Waals surface area contributed by atoms with E-state index in [9.17, 15) is 4.79 Å². The van der Waals surface area contributed by atoms with Gasteiger partial charge in [0.25, 0.3) is 0 Å². The van der Waals surface area contributed by atoms with Gasteiger partial charge in [-0.2, -0.15) is 0 Å². The van der Waals surface area contributed by atoms with Crippen LogP contribution in [-0.4, -0.2) is 13.0 Å². The molecule has 0 bridgehead atoms. The fraction of sp³-hybridized carbons (Fsp3) is 0.296. The highest BCUT2D eigenvalue weighted by molar-refractivity contribution is 6.30. The lowest BCUT2D eigenvalue weighted by molar-refractivity contribution is -0.122. The molecule has 0 aliphatic carbocycles. The molecule has 0 saturated carbocycles. The number of rotatable bonds is 8. The molecule has 0 fully saturated rings. The van der Waals surface area contributed by atoms with E-state index in [1.165, 1.54) is 16.7 Å². The highest BCUT2D eigenvalue weighted by Crippen LogP contribution is 2.22. The SMILES string of the molecule is CCC(CCc1ccc(-c2ccc(Cl)cc2)cc1)C(N)=O.COCc1ccccc1C. The minimum absolute atomic E-state index is 0.0269. The highest BCUT2D eigenvalue weighted by Gasteiger charge is 2.12. The number of benzene rings is 3. The van der Waals surface area contributed by atoms with Gasteiger partial charge in [0.05, 0.1) is 6.61 Å². The van der Waals surface area contributed by atoms with Crippen molar-refractivity contribution in [2.45, 2.75) is 39.7 Å². The lowest BCUT2D eigenvalue weighted by Gasteiger charge is -2.10. The second kappa shape index (κ2) is 12.9. The van der Waals surface area contributed by atoms with Crippen molar-refractivity contribution in [3.63, 3.8) is 0 Å². The first-order chi connectivity index (χ1) is 14.9. The second-order valence-corrected chi connectivity index (χ2v) is 8.05. The summed E-state index contributed by atoms with van der Waals surface area (Å²) in [7, 11) is 1.71. The molecule has 2 N–H and O–H groups in total. The monoisotopic (exact) mass is 437 g/mol. The van der Waals surface area contributed by atoms with Gasteiger partial charge in [0, 0.05) is 18.1 Å². The largest absolute Gasteiger partial charge is 0.380 e. The average Bonchev–Trinajstić information content (AvgIpc) is 2.77. The molecule has 1 atom stereocenters. The van der Waals surface area contributed by atoms with Gasteiger partial charge in [0.15, 0.2) is 0 Å². The van der Waals surface area contributed by atoms with E-state index in [4.69, 9.17) is 22.1 Å². The van der Waals surface area contributed by atoms with Crippen LogP contribution >= 0.6 is 11.6 Å². The van der Waals surface area contributed by atoms with Gasteiger partial charge in [-0.05, 0) is 66.1 Å². The minimum atomic E-state index is -0.199. The number of methoxy groups -OCH3 is 1. The number of ether oxygens (including phenoxy) is 1. The van der Waals surface area contributed by atoms with Gasteiger partial charge in [-0.15, -0.1) is 0 Å². The standard InChI is InChI=1S/C18H20ClNO.C9H12O/c1-2-14(18(20)21)6-3-13-4-7-15(8-5-13)16-9-11-17(19)12-10-16;1-8-5-3-4-6-9(8)7-10-2/h4-5,7-12,14H,2-3,6H2,1H3,(H2,20,21);3-6H,7H2,1-2H3. The molecule has 0 spiro atoms. The number of aryl methyl sites for hydroxylation is 2. The van der Waals surface area contributed by atoms with E-state index < -0.39 is 0 Å². The maximum atomic E-state index is 11.2. The van der Waals surface area contributed by atoms with Crippen LogP contribution in [0.4, 0.5) is 0 Å². The van der Waals surface area contributed by atoms with Crippen molar-refractivity contribution in [1.82, 2.24) is 0 Å². The van der Waals surface area contributed by atoms with Gasteiger partial charge in [0.2, 0.25) is 5.91 Å². The molecule has 3 aromatic rings. The number of nitrogens with two attached hydrogens (primary N) is 1. The van der Waals surface area contributed by atoms with Crippen LogP contribution < -0.4 is 5.73 Å². The molecule has 4 heteroatoms. The highest BCUT2D eigenvalue weighted by atomic mass is 35.5. The zero-order valence-corrected chi connectivity index (χ0v) is 19.4. The van der Waals surface area contributed by atoms with Gasteiger partial charge in [0.1, 0.15) is 0 Å². The number of carbonyl (C=O) groups is 1. The molecule has 0 aliphatic rings. The van der Waals surface area contributed by atoms with E-state index in [1.807, 2.05) is 43.3 Å². The Balaban J connectivity index is 0.000000285. The molecule has 0 radical (unpaired) electrons. The van der Waals surface area contributed by atoms with Crippen LogP contribution in [0.15, 0.2) is 72.8 Å². The predicted octanol–water partition coefficient (Wildman–Crippen LogP) is 6.59. The summed E-state index contributed by atoms with van der Waals surface area (Å²) in [5.41, 5.74) is 11.5. The molecular weight excluding hydrogens is 406 g/mol. The Kier molecular flexibility index (Phi) is 10.3. The summed E-state index contributed by atoms with van der Waals surface area (Å²) in [5, 5.41) is 0.743. The Morgan fingerprint density at radius 3 is 2.06 bits per heavy atom. The summed E-state index contributed by atoms with van der Waals surface area (Å²) >= 11 is 5.90. The molecule has 164 valence electrons. The molecule has 0 heterocycles. The van der Waals surface area contributed by atoms with E-state index in [1.54, 1.807) is 7.11 Å². The first kappa shape index (κ1) is 24.6. The molecular formula is C27H32ClNO2. The van der Waals surface area contributed by atoms with E-state index in [0.717, 1.165) is 35.4 Å². The van der Waals surface area contributed by atoms with E-state index >= 15 is 0 Å². The molecule has 0 aliphatic heterocycles. The Bertz CT molecular complexity index is 936. The number of halogens is 1. The van der Waals surface area contributed by atoms with Crippen LogP contribution in [0.3, 0.4) is 0 Å².